The quantitative estimate of drug-likeness (QED) is 0.286. The summed E-state index contributed by atoms with van der Waals surface area (Å²) < 4.78 is 0. The van der Waals surface area contributed by atoms with Gasteiger partial charge >= 0.3 is 0 Å². The Hall–Kier alpha value is -1.95. The van der Waals surface area contributed by atoms with Crippen LogP contribution in [0.1, 0.15) is 23.7 Å². The highest BCUT2D eigenvalue weighted by molar-refractivity contribution is 6.31. The number of phenols is 1. The van der Waals surface area contributed by atoms with Crippen molar-refractivity contribution in [2.45, 2.75) is 19.4 Å². The fourth-order valence-corrected chi connectivity index (χ4v) is 1.57. The smallest absolute Gasteiger partial charge is 0.255 e. The van der Waals surface area contributed by atoms with Gasteiger partial charge in [0.15, 0.2) is 0 Å². The summed E-state index contributed by atoms with van der Waals surface area (Å²) in [7, 11) is 0. The fraction of sp³-hybridized carbons (Fsp3) is 0.273. The van der Waals surface area contributed by atoms with E-state index in [1.165, 1.54) is 18.2 Å². The van der Waals surface area contributed by atoms with Gasteiger partial charge in [0.2, 0.25) is 0 Å². The van der Waals surface area contributed by atoms with E-state index in [0.717, 1.165) is 0 Å². The van der Waals surface area contributed by atoms with E-state index in [-0.39, 0.29) is 29.6 Å². The van der Waals surface area contributed by atoms with E-state index in [2.05, 4.69) is 10.5 Å². The lowest BCUT2D eigenvalue weighted by molar-refractivity contribution is 0.0938. The number of benzene rings is 1. The molecule has 0 radical (unpaired) electrons. The molecule has 0 aromatic heterocycles. The second-order valence-corrected chi connectivity index (χ2v) is 4.27. The van der Waals surface area contributed by atoms with Crippen LogP contribution in [-0.2, 0) is 0 Å². The van der Waals surface area contributed by atoms with Gasteiger partial charge in [-0.15, -0.1) is 0 Å². The molecule has 0 heterocycles. The van der Waals surface area contributed by atoms with Gasteiger partial charge in [-0.25, -0.2) is 0 Å². The van der Waals surface area contributed by atoms with Crippen molar-refractivity contribution < 1.29 is 15.1 Å². The standard InChI is InChI=1S/C11H14ClN3O3/c1-6(4-10(13)15-18)14-11(17)8-5-7(12)2-3-9(8)16/h2-3,5-6,16,18H,4H2,1H3,(H2,13,15)(H,14,17). The Morgan fingerprint density at radius 2 is 2.28 bits per heavy atom. The predicted octanol–water partition coefficient (Wildman–Crippen LogP) is 1.30. The van der Waals surface area contributed by atoms with Crippen LogP contribution in [0.4, 0.5) is 0 Å². The molecule has 6 nitrogen and oxygen atoms in total. The molecular weight excluding hydrogens is 258 g/mol. The number of oxime groups is 1. The van der Waals surface area contributed by atoms with Crippen LogP contribution < -0.4 is 11.1 Å². The van der Waals surface area contributed by atoms with Gasteiger partial charge in [-0.1, -0.05) is 16.8 Å². The average molecular weight is 272 g/mol. The van der Waals surface area contributed by atoms with E-state index in [4.69, 9.17) is 22.5 Å². The molecule has 1 unspecified atom stereocenters. The maximum atomic E-state index is 11.8. The Balaban J connectivity index is 2.73. The van der Waals surface area contributed by atoms with Gasteiger partial charge in [0.1, 0.15) is 11.6 Å². The van der Waals surface area contributed by atoms with Crippen LogP contribution in [0.2, 0.25) is 5.02 Å². The first-order valence-electron chi connectivity index (χ1n) is 5.19. The van der Waals surface area contributed by atoms with Crippen LogP contribution in [0.15, 0.2) is 23.4 Å². The molecule has 0 spiro atoms. The minimum Gasteiger partial charge on any atom is -0.507 e. The maximum Gasteiger partial charge on any atom is 0.255 e. The summed E-state index contributed by atoms with van der Waals surface area (Å²) in [6.07, 6.45) is 0.198. The van der Waals surface area contributed by atoms with Crippen molar-refractivity contribution in [3.8, 4) is 5.75 Å². The molecule has 0 saturated heterocycles. The highest BCUT2D eigenvalue weighted by Gasteiger charge is 2.15. The lowest BCUT2D eigenvalue weighted by Crippen LogP contribution is -2.35. The minimum absolute atomic E-state index is 0.0121. The van der Waals surface area contributed by atoms with Crippen LogP contribution >= 0.6 is 11.6 Å². The third-order valence-electron chi connectivity index (χ3n) is 2.22. The van der Waals surface area contributed by atoms with Crippen LogP contribution in [0.25, 0.3) is 0 Å². The predicted molar refractivity (Wildman–Crippen MR) is 68.1 cm³/mol. The number of aromatic hydroxyl groups is 1. The lowest BCUT2D eigenvalue weighted by atomic mass is 10.1. The Labute approximate surface area is 109 Å². The fourth-order valence-electron chi connectivity index (χ4n) is 1.40. The Morgan fingerprint density at radius 1 is 1.61 bits per heavy atom. The summed E-state index contributed by atoms with van der Waals surface area (Å²) in [5, 5.41) is 23.7. The van der Waals surface area contributed by atoms with Crippen LogP contribution in [0.3, 0.4) is 0 Å². The minimum atomic E-state index is -0.478. The summed E-state index contributed by atoms with van der Waals surface area (Å²) in [6, 6.07) is 3.84. The first-order valence-corrected chi connectivity index (χ1v) is 5.57. The number of amides is 1. The number of nitrogens with two attached hydrogens (primary N) is 1. The molecule has 5 N–H and O–H groups in total. The second-order valence-electron chi connectivity index (χ2n) is 3.83. The molecule has 1 amide bonds. The second kappa shape index (κ2) is 6.11. The third kappa shape index (κ3) is 3.81. The molecule has 1 aromatic rings. The zero-order chi connectivity index (χ0) is 13.7. The van der Waals surface area contributed by atoms with E-state index >= 15 is 0 Å². The van der Waals surface area contributed by atoms with Crippen LogP contribution in [-0.4, -0.2) is 28.1 Å². The summed E-state index contributed by atoms with van der Waals surface area (Å²) in [4.78, 5) is 11.8. The van der Waals surface area contributed by atoms with Gasteiger partial charge in [-0.3, -0.25) is 4.79 Å². The lowest BCUT2D eigenvalue weighted by Gasteiger charge is -2.13. The summed E-state index contributed by atoms with van der Waals surface area (Å²) in [5.74, 6) is -0.626. The van der Waals surface area contributed by atoms with E-state index in [0.29, 0.717) is 5.02 Å². The van der Waals surface area contributed by atoms with Crippen molar-refractivity contribution in [3.63, 3.8) is 0 Å². The average Bonchev–Trinajstić information content (AvgIpc) is 2.31. The Bertz CT molecular complexity index is 477. The summed E-state index contributed by atoms with van der Waals surface area (Å²) in [5.41, 5.74) is 5.40. The normalized spacial score (nSPS) is 13.1. The van der Waals surface area contributed by atoms with Gasteiger partial charge in [0.25, 0.3) is 5.91 Å². The summed E-state index contributed by atoms with van der Waals surface area (Å²) in [6.45, 7) is 1.69. The molecule has 0 fully saturated rings. The molecule has 7 heteroatoms. The number of hydrogen-bond donors (Lipinski definition) is 4. The molecule has 98 valence electrons. The molecular formula is C11H14ClN3O3. The number of nitrogens with zero attached hydrogens (tertiary/aromatic N) is 1. The van der Waals surface area contributed by atoms with Gasteiger partial charge in [-0.05, 0) is 25.1 Å². The first kappa shape index (κ1) is 14.1. The van der Waals surface area contributed by atoms with Gasteiger partial charge in [-0.2, -0.15) is 0 Å². The van der Waals surface area contributed by atoms with Crippen molar-refractivity contribution in [2.75, 3.05) is 0 Å². The van der Waals surface area contributed by atoms with E-state index in [1.54, 1.807) is 6.92 Å². The van der Waals surface area contributed by atoms with Crippen molar-refractivity contribution in [1.29, 1.82) is 0 Å². The number of carbonyl (C=O) groups is 1. The number of halogens is 1. The Morgan fingerprint density at radius 3 is 2.89 bits per heavy atom. The first-order chi connectivity index (χ1) is 8.43. The van der Waals surface area contributed by atoms with Crippen molar-refractivity contribution in [3.05, 3.63) is 28.8 Å². The highest BCUT2D eigenvalue weighted by Crippen LogP contribution is 2.21. The van der Waals surface area contributed by atoms with Gasteiger partial charge in [0, 0.05) is 17.5 Å². The molecule has 18 heavy (non-hydrogen) atoms. The van der Waals surface area contributed by atoms with Gasteiger partial charge < -0.3 is 21.4 Å². The molecule has 0 aliphatic carbocycles. The van der Waals surface area contributed by atoms with Crippen molar-refractivity contribution in [2.24, 2.45) is 10.9 Å². The van der Waals surface area contributed by atoms with Crippen molar-refractivity contribution in [1.82, 2.24) is 5.32 Å². The SMILES string of the molecule is CC(CC(N)=NO)NC(=O)c1cc(Cl)ccc1O. The topological polar surface area (TPSA) is 108 Å². The van der Waals surface area contributed by atoms with Gasteiger partial charge in [0.05, 0.1) is 5.56 Å². The third-order valence-corrected chi connectivity index (χ3v) is 2.46. The summed E-state index contributed by atoms with van der Waals surface area (Å²) >= 11 is 5.74. The monoisotopic (exact) mass is 271 g/mol. The maximum absolute atomic E-state index is 11.8. The number of hydrogen-bond acceptors (Lipinski definition) is 4. The number of rotatable bonds is 4. The number of nitrogens with one attached hydrogen (secondary N) is 1. The van der Waals surface area contributed by atoms with E-state index in [9.17, 15) is 9.90 Å². The zero-order valence-electron chi connectivity index (χ0n) is 9.72. The molecule has 0 aliphatic rings. The Kier molecular flexibility index (Phi) is 4.79. The molecule has 1 aromatic carbocycles. The van der Waals surface area contributed by atoms with E-state index < -0.39 is 5.91 Å². The van der Waals surface area contributed by atoms with Crippen LogP contribution in [0.5, 0.6) is 5.75 Å². The highest BCUT2D eigenvalue weighted by atomic mass is 35.5. The van der Waals surface area contributed by atoms with E-state index in [1.807, 2.05) is 0 Å². The van der Waals surface area contributed by atoms with Crippen molar-refractivity contribution >= 4 is 23.3 Å². The largest absolute Gasteiger partial charge is 0.507 e. The molecule has 0 bridgehead atoms. The van der Waals surface area contributed by atoms with Crippen LogP contribution in [0, 0.1) is 0 Å². The zero-order valence-corrected chi connectivity index (χ0v) is 10.5. The molecule has 1 atom stereocenters. The molecule has 0 saturated carbocycles. The molecule has 1 rings (SSSR count). The molecule has 0 aliphatic heterocycles. The number of carbonyl (C=O) groups excluding carboxylic acids is 1. The number of amidine groups is 1. The number of phenolic OH excluding ortho intramolecular Hbond substituents is 1.